The molecule has 2 aromatic carbocycles. The van der Waals surface area contributed by atoms with E-state index in [0.29, 0.717) is 11.4 Å². The van der Waals surface area contributed by atoms with Crippen molar-refractivity contribution in [1.82, 2.24) is 0 Å². The molecular formula is C15H13ClOS. The third kappa shape index (κ3) is 3.15. The number of benzene rings is 2. The monoisotopic (exact) mass is 276 g/mol. The highest BCUT2D eigenvalue weighted by molar-refractivity contribution is 7.99. The molecule has 0 aromatic heterocycles. The van der Waals surface area contributed by atoms with E-state index in [-0.39, 0.29) is 5.78 Å². The lowest BCUT2D eigenvalue weighted by atomic mass is 10.1. The van der Waals surface area contributed by atoms with Crippen LogP contribution in [0.4, 0.5) is 0 Å². The van der Waals surface area contributed by atoms with Gasteiger partial charge < -0.3 is 0 Å². The Kier molecular flexibility index (Phi) is 4.45. The van der Waals surface area contributed by atoms with E-state index in [9.17, 15) is 4.79 Å². The lowest BCUT2D eigenvalue weighted by Gasteiger charge is -2.07. The second-order valence-electron chi connectivity index (χ2n) is 3.83. The summed E-state index contributed by atoms with van der Waals surface area (Å²) < 4.78 is 0. The van der Waals surface area contributed by atoms with E-state index >= 15 is 0 Å². The van der Waals surface area contributed by atoms with Crippen LogP contribution < -0.4 is 0 Å². The van der Waals surface area contributed by atoms with Gasteiger partial charge in [-0.2, -0.15) is 0 Å². The molecule has 18 heavy (non-hydrogen) atoms. The molecule has 92 valence electrons. The fraction of sp³-hybridized carbons (Fsp3) is 0.133. The van der Waals surface area contributed by atoms with Crippen molar-refractivity contribution in [3.63, 3.8) is 0 Å². The molecule has 3 heteroatoms. The summed E-state index contributed by atoms with van der Waals surface area (Å²) in [7, 11) is 0. The van der Waals surface area contributed by atoms with E-state index in [4.69, 9.17) is 11.6 Å². The molecule has 0 spiro atoms. The lowest BCUT2D eigenvalue weighted by molar-refractivity contribution is 0.0985. The molecule has 0 heterocycles. The molecule has 0 N–H and O–H groups in total. The molecule has 0 atom stereocenters. The molecule has 0 saturated carbocycles. The zero-order valence-corrected chi connectivity index (χ0v) is 11.6. The van der Waals surface area contributed by atoms with Crippen LogP contribution in [-0.2, 0) is 0 Å². The predicted molar refractivity (Wildman–Crippen MR) is 76.6 cm³/mol. The molecular weight excluding hydrogens is 264 g/mol. The smallest absolute Gasteiger partial charge is 0.163 e. The van der Waals surface area contributed by atoms with Gasteiger partial charge in [0.2, 0.25) is 0 Å². The second kappa shape index (κ2) is 6.07. The standard InChI is InChI=1S/C15H13ClOS/c1-2-14(17)13-8-3-4-9-15(13)18-12-7-5-6-11(16)10-12/h3-10H,2H2,1H3. The van der Waals surface area contributed by atoms with E-state index in [1.54, 1.807) is 11.8 Å². The summed E-state index contributed by atoms with van der Waals surface area (Å²) in [5.74, 6) is 0.167. The van der Waals surface area contributed by atoms with Crippen molar-refractivity contribution in [2.45, 2.75) is 23.1 Å². The molecule has 0 aliphatic heterocycles. The molecule has 0 bridgehead atoms. The average Bonchev–Trinajstić information content (AvgIpc) is 2.38. The Hall–Kier alpha value is -1.25. The maximum atomic E-state index is 11.9. The summed E-state index contributed by atoms with van der Waals surface area (Å²) in [6, 6.07) is 15.3. The number of hydrogen-bond donors (Lipinski definition) is 0. The van der Waals surface area contributed by atoms with Gasteiger partial charge in [0.05, 0.1) is 0 Å². The maximum Gasteiger partial charge on any atom is 0.163 e. The predicted octanol–water partition coefficient (Wildman–Crippen LogP) is 5.08. The van der Waals surface area contributed by atoms with Crippen LogP contribution in [0.1, 0.15) is 23.7 Å². The van der Waals surface area contributed by atoms with Crippen molar-refractivity contribution < 1.29 is 4.79 Å². The van der Waals surface area contributed by atoms with Crippen molar-refractivity contribution >= 4 is 29.1 Å². The second-order valence-corrected chi connectivity index (χ2v) is 5.38. The number of rotatable bonds is 4. The van der Waals surface area contributed by atoms with Gasteiger partial charge in [0.15, 0.2) is 5.78 Å². The maximum absolute atomic E-state index is 11.9. The topological polar surface area (TPSA) is 17.1 Å². The number of Topliss-reactive ketones (excluding diaryl/α,β-unsaturated/α-hetero) is 1. The minimum Gasteiger partial charge on any atom is -0.294 e. The van der Waals surface area contributed by atoms with Crippen LogP contribution in [-0.4, -0.2) is 5.78 Å². The van der Waals surface area contributed by atoms with Gasteiger partial charge in [-0.1, -0.05) is 54.6 Å². The Bertz CT molecular complexity index is 566. The van der Waals surface area contributed by atoms with Crippen molar-refractivity contribution in [1.29, 1.82) is 0 Å². The molecule has 0 unspecified atom stereocenters. The summed E-state index contributed by atoms with van der Waals surface area (Å²) in [6.07, 6.45) is 0.521. The normalized spacial score (nSPS) is 10.3. The van der Waals surface area contributed by atoms with Crippen LogP contribution in [0.5, 0.6) is 0 Å². The van der Waals surface area contributed by atoms with Crippen LogP contribution in [0.2, 0.25) is 5.02 Å². The fourth-order valence-electron chi connectivity index (χ4n) is 1.63. The van der Waals surface area contributed by atoms with Crippen molar-refractivity contribution in [2.24, 2.45) is 0 Å². The summed E-state index contributed by atoms with van der Waals surface area (Å²) in [5, 5.41) is 0.708. The summed E-state index contributed by atoms with van der Waals surface area (Å²) in [5.41, 5.74) is 0.782. The van der Waals surface area contributed by atoms with E-state index in [2.05, 4.69) is 0 Å². The van der Waals surface area contributed by atoms with Gasteiger partial charge in [0.25, 0.3) is 0 Å². The highest BCUT2D eigenvalue weighted by atomic mass is 35.5. The molecule has 0 fully saturated rings. The largest absolute Gasteiger partial charge is 0.294 e. The van der Waals surface area contributed by atoms with E-state index in [1.165, 1.54) is 0 Å². The van der Waals surface area contributed by atoms with Crippen molar-refractivity contribution in [3.05, 3.63) is 59.1 Å². The lowest BCUT2D eigenvalue weighted by Crippen LogP contribution is -1.98. The zero-order chi connectivity index (χ0) is 13.0. The first-order chi connectivity index (χ1) is 8.70. The number of ketones is 1. The Morgan fingerprint density at radius 2 is 1.94 bits per heavy atom. The van der Waals surface area contributed by atoms with Gasteiger partial charge in [-0.25, -0.2) is 0 Å². The van der Waals surface area contributed by atoms with Crippen LogP contribution in [0.25, 0.3) is 0 Å². The molecule has 0 radical (unpaired) electrons. The van der Waals surface area contributed by atoms with Crippen molar-refractivity contribution in [2.75, 3.05) is 0 Å². The highest BCUT2D eigenvalue weighted by Gasteiger charge is 2.09. The zero-order valence-electron chi connectivity index (χ0n) is 10.0. The Morgan fingerprint density at radius 3 is 2.67 bits per heavy atom. The van der Waals surface area contributed by atoms with Crippen molar-refractivity contribution in [3.8, 4) is 0 Å². The quantitative estimate of drug-likeness (QED) is 0.724. The molecule has 2 aromatic rings. The summed E-state index contributed by atoms with van der Waals surface area (Å²) in [4.78, 5) is 13.9. The number of hydrogen-bond acceptors (Lipinski definition) is 2. The van der Waals surface area contributed by atoms with Crippen LogP contribution >= 0.6 is 23.4 Å². The first-order valence-electron chi connectivity index (χ1n) is 5.76. The number of carbonyl (C=O) groups is 1. The van der Waals surface area contributed by atoms with Gasteiger partial charge in [0, 0.05) is 26.8 Å². The molecule has 0 amide bonds. The van der Waals surface area contributed by atoms with E-state index < -0.39 is 0 Å². The van der Waals surface area contributed by atoms with Gasteiger partial charge >= 0.3 is 0 Å². The van der Waals surface area contributed by atoms with Crippen LogP contribution in [0.15, 0.2) is 58.3 Å². The van der Waals surface area contributed by atoms with Crippen LogP contribution in [0, 0.1) is 0 Å². The molecule has 1 nitrogen and oxygen atoms in total. The van der Waals surface area contributed by atoms with E-state index in [0.717, 1.165) is 15.4 Å². The van der Waals surface area contributed by atoms with Crippen LogP contribution in [0.3, 0.4) is 0 Å². The molecule has 0 aliphatic rings. The van der Waals surface area contributed by atoms with Gasteiger partial charge in [-0.3, -0.25) is 4.79 Å². The highest BCUT2D eigenvalue weighted by Crippen LogP contribution is 2.32. The Balaban J connectivity index is 2.32. The Morgan fingerprint density at radius 1 is 1.17 bits per heavy atom. The fourth-order valence-corrected chi connectivity index (χ4v) is 2.91. The molecule has 0 saturated heterocycles. The summed E-state index contributed by atoms with van der Waals surface area (Å²) in [6.45, 7) is 1.88. The third-order valence-electron chi connectivity index (χ3n) is 2.53. The average molecular weight is 277 g/mol. The third-order valence-corrected chi connectivity index (χ3v) is 3.83. The molecule has 0 aliphatic carbocycles. The minimum absolute atomic E-state index is 0.167. The number of halogens is 1. The van der Waals surface area contributed by atoms with Gasteiger partial charge in [-0.15, -0.1) is 0 Å². The Labute approximate surface area is 116 Å². The minimum atomic E-state index is 0.167. The SMILES string of the molecule is CCC(=O)c1ccccc1Sc1cccc(Cl)c1. The van der Waals surface area contributed by atoms with E-state index in [1.807, 2.05) is 55.5 Å². The van der Waals surface area contributed by atoms with Gasteiger partial charge in [-0.05, 0) is 24.3 Å². The molecule has 2 rings (SSSR count). The first kappa shape index (κ1) is 13.2. The van der Waals surface area contributed by atoms with Gasteiger partial charge in [0.1, 0.15) is 0 Å². The summed E-state index contributed by atoms with van der Waals surface area (Å²) >= 11 is 7.53. The first-order valence-corrected chi connectivity index (χ1v) is 6.96. The number of carbonyl (C=O) groups excluding carboxylic acids is 1.